The first kappa shape index (κ1) is 21.6. The lowest BCUT2D eigenvalue weighted by atomic mass is 9.73. The van der Waals surface area contributed by atoms with Crippen LogP contribution in [0.15, 0.2) is 18.2 Å². The number of benzene rings is 1. The molecule has 1 fully saturated rings. The average Bonchev–Trinajstić information content (AvgIpc) is 3.09. The molecule has 2 N–H and O–H groups in total. The first-order valence-corrected chi connectivity index (χ1v) is 10.8. The zero-order chi connectivity index (χ0) is 20.8. The lowest BCUT2D eigenvalue weighted by molar-refractivity contribution is -0.151. The second-order valence-electron chi connectivity index (χ2n) is 8.34. The van der Waals surface area contributed by atoms with Crippen molar-refractivity contribution in [2.75, 3.05) is 13.7 Å². The third-order valence-corrected chi connectivity index (χ3v) is 6.47. The summed E-state index contributed by atoms with van der Waals surface area (Å²) in [4.78, 5) is 22.7. The van der Waals surface area contributed by atoms with Crippen LogP contribution < -0.4 is 10.1 Å². The van der Waals surface area contributed by atoms with Crippen molar-refractivity contribution in [3.8, 4) is 5.75 Å². The molecule has 29 heavy (non-hydrogen) atoms. The fourth-order valence-electron chi connectivity index (χ4n) is 5.06. The van der Waals surface area contributed by atoms with Gasteiger partial charge in [0.15, 0.2) is 12.8 Å². The van der Waals surface area contributed by atoms with Crippen LogP contribution in [0.3, 0.4) is 0 Å². The molecule has 0 bridgehead atoms. The van der Waals surface area contributed by atoms with E-state index in [4.69, 9.17) is 14.6 Å². The van der Waals surface area contributed by atoms with Gasteiger partial charge in [0.2, 0.25) is 0 Å². The summed E-state index contributed by atoms with van der Waals surface area (Å²) in [5.41, 5.74) is 2.48. The zero-order valence-corrected chi connectivity index (χ0v) is 17.5. The van der Waals surface area contributed by atoms with Gasteiger partial charge in [0.05, 0.1) is 0 Å². The molecular weight excluding hydrogens is 370 g/mol. The Morgan fingerprint density at radius 1 is 1.28 bits per heavy atom. The number of nitrogens with one attached hydrogen (secondary N) is 1. The number of fused-ring (bicyclic) bond motifs is 2. The van der Waals surface area contributed by atoms with E-state index in [-0.39, 0.29) is 18.8 Å². The fraction of sp³-hybridized carbons (Fsp3) is 0.652. The Balaban J connectivity index is 1.60. The molecule has 1 saturated carbocycles. The molecule has 3 rings (SSSR count). The quantitative estimate of drug-likeness (QED) is 0.459. The maximum atomic E-state index is 11.8. The SMILES string of the molecule is CCCC(=O)OC(CCC1CCC2Cc3c(cccc3OCC(=O)O)CC12)NC. The van der Waals surface area contributed by atoms with Gasteiger partial charge >= 0.3 is 11.9 Å². The van der Waals surface area contributed by atoms with E-state index in [0.717, 1.165) is 37.9 Å². The number of rotatable bonds is 10. The summed E-state index contributed by atoms with van der Waals surface area (Å²) < 4.78 is 11.1. The summed E-state index contributed by atoms with van der Waals surface area (Å²) in [6.07, 6.45) is 7.34. The first-order chi connectivity index (χ1) is 14.0. The van der Waals surface area contributed by atoms with Gasteiger partial charge in [0.1, 0.15) is 5.75 Å². The largest absolute Gasteiger partial charge is 0.482 e. The minimum absolute atomic E-state index is 0.128. The van der Waals surface area contributed by atoms with Crippen molar-refractivity contribution in [3.63, 3.8) is 0 Å². The van der Waals surface area contributed by atoms with Crippen LogP contribution in [-0.4, -0.2) is 36.9 Å². The van der Waals surface area contributed by atoms with Gasteiger partial charge < -0.3 is 14.6 Å². The summed E-state index contributed by atoms with van der Waals surface area (Å²) in [7, 11) is 1.84. The number of ether oxygens (including phenoxy) is 2. The van der Waals surface area contributed by atoms with Crippen LogP contribution in [0, 0.1) is 17.8 Å². The van der Waals surface area contributed by atoms with E-state index in [0.29, 0.717) is 24.2 Å². The van der Waals surface area contributed by atoms with Crippen molar-refractivity contribution >= 4 is 11.9 Å². The van der Waals surface area contributed by atoms with Crippen LogP contribution in [-0.2, 0) is 27.2 Å². The lowest BCUT2D eigenvalue weighted by Crippen LogP contribution is -2.32. The molecule has 0 aromatic heterocycles. The van der Waals surface area contributed by atoms with Crippen LogP contribution >= 0.6 is 0 Å². The molecule has 2 aliphatic rings. The van der Waals surface area contributed by atoms with Crippen LogP contribution in [0.5, 0.6) is 5.75 Å². The Kier molecular flexibility index (Phi) is 7.53. The molecule has 2 aliphatic carbocycles. The first-order valence-electron chi connectivity index (χ1n) is 10.8. The van der Waals surface area contributed by atoms with E-state index in [1.165, 1.54) is 24.0 Å². The highest BCUT2D eigenvalue weighted by atomic mass is 16.6. The molecule has 160 valence electrons. The summed E-state index contributed by atoms with van der Waals surface area (Å²) in [5.74, 6) is 1.55. The van der Waals surface area contributed by atoms with Gasteiger partial charge in [-0.3, -0.25) is 10.1 Å². The summed E-state index contributed by atoms with van der Waals surface area (Å²) in [5, 5.41) is 12.0. The zero-order valence-electron chi connectivity index (χ0n) is 17.5. The normalized spacial score (nSPS) is 23.7. The third kappa shape index (κ3) is 5.50. The Labute approximate surface area is 173 Å². The highest BCUT2D eigenvalue weighted by molar-refractivity contribution is 5.69. The van der Waals surface area contributed by atoms with Crippen LogP contribution in [0.2, 0.25) is 0 Å². The van der Waals surface area contributed by atoms with E-state index >= 15 is 0 Å². The van der Waals surface area contributed by atoms with Crippen molar-refractivity contribution in [1.29, 1.82) is 0 Å². The molecular formula is C23H33NO5. The van der Waals surface area contributed by atoms with Gasteiger partial charge in [-0.1, -0.05) is 19.1 Å². The molecule has 1 aromatic rings. The number of esters is 1. The summed E-state index contributed by atoms with van der Waals surface area (Å²) in [6, 6.07) is 6.00. The van der Waals surface area contributed by atoms with Gasteiger partial charge in [0, 0.05) is 6.42 Å². The van der Waals surface area contributed by atoms with Crippen LogP contribution in [0.4, 0.5) is 0 Å². The number of hydrogen-bond donors (Lipinski definition) is 2. The van der Waals surface area contributed by atoms with Crippen molar-refractivity contribution in [2.24, 2.45) is 17.8 Å². The molecule has 0 aliphatic heterocycles. The molecule has 1 aromatic carbocycles. The summed E-state index contributed by atoms with van der Waals surface area (Å²) >= 11 is 0. The molecule has 6 nitrogen and oxygen atoms in total. The van der Waals surface area contributed by atoms with Crippen molar-refractivity contribution in [2.45, 2.75) is 64.5 Å². The second-order valence-corrected chi connectivity index (χ2v) is 8.34. The fourth-order valence-corrected chi connectivity index (χ4v) is 5.06. The highest BCUT2D eigenvalue weighted by Gasteiger charge is 2.40. The average molecular weight is 404 g/mol. The number of carboxylic acids is 1. The minimum Gasteiger partial charge on any atom is -0.482 e. The van der Waals surface area contributed by atoms with E-state index < -0.39 is 5.97 Å². The molecule has 0 amide bonds. The van der Waals surface area contributed by atoms with Gasteiger partial charge in [-0.25, -0.2) is 4.79 Å². The van der Waals surface area contributed by atoms with E-state index in [1.54, 1.807) is 0 Å². The van der Waals surface area contributed by atoms with Gasteiger partial charge in [-0.2, -0.15) is 0 Å². The molecule has 0 spiro atoms. The molecule has 0 radical (unpaired) electrons. The molecule has 4 atom stereocenters. The van der Waals surface area contributed by atoms with Gasteiger partial charge in [-0.05, 0) is 86.9 Å². The Hall–Kier alpha value is -2.08. The Morgan fingerprint density at radius 2 is 2.10 bits per heavy atom. The highest BCUT2D eigenvalue weighted by Crippen LogP contribution is 2.48. The molecule has 0 heterocycles. The smallest absolute Gasteiger partial charge is 0.341 e. The standard InChI is InChI=1S/C23H33NO5/c1-3-5-23(27)29-21(24-2)11-10-15-8-9-17-13-19-16(12-18(15)17)6-4-7-20(19)28-14-22(25)26/h4,6-7,15,17-18,21,24H,3,5,8-14H2,1-2H3,(H,25,26). The Bertz CT molecular complexity index is 719. The summed E-state index contributed by atoms with van der Waals surface area (Å²) in [6.45, 7) is 1.68. The predicted molar refractivity (Wildman–Crippen MR) is 110 cm³/mol. The molecule has 0 saturated heterocycles. The number of aliphatic carboxylic acids is 1. The van der Waals surface area contributed by atoms with Crippen molar-refractivity contribution in [1.82, 2.24) is 5.32 Å². The molecule has 6 heteroatoms. The van der Waals surface area contributed by atoms with Gasteiger partial charge in [-0.15, -0.1) is 0 Å². The number of carboxylic acid groups (broad SMARTS) is 1. The van der Waals surface area contributed by atoms with Crippen molar-refractivity contribution in [3.05, 3.63) is 29.3 Å². The van der Waals surface area contributed by atoms with Crippen LogP contribution in [0.25, 0.3) is 0 Å². The number of hydrogen-bond acceptors (Lipinski definition) is 5. The van der Waals surface area contributed by atoms with Gasteiger partial charge in [0.25, 0.3) is 0 Å². The van der Waals surface area contributed by atoms with E-state index in [1.807, 2.05) is 26.1 Å². The predicted octanol–water partition coefficient (Wildman–Crippen LogP) is 3.56. The number of carbonyl (C=O) groups excluding carboxylic acids is 1. The monoisotopic (exact) mass is 403 g/mol. The van der Waals surface area contributed by atoms with E-state index in [9.17, 15) is 9.59 Å². The third-order valence-electron chi connectivity index (χ3n) is 6.47. The lowest BCUT2D eigenvalue weighted by Gasteiger charge is -2.32. The van der Waals surface area contributed by atoms with E-state index in [2.05, 4.69) is 11.4 Å². The number of carbonyl (C=O) groups is 2. The topological polar surface area (TPSA) is 84.9 Å². The Morgan fingerprint density at radius 3 is 2.83 bits per heavy atom. The maximum absolute atomic E-state index is 11.8. The van der Waals surface area contributed by atoms with Crippen LogP contribution in [0.1, 0.15) is 56.6 Å². The molecule has 4 unspecified atom stereocenters. The maximum Gasteiger partial charge on any atom is 0.341 e. The second kappa shape index (κ2) is 10.1. The van der Waals surface area contributed by atoms with Crippen molar-refractivity contribution < 1.29 is 24.2 Å². The minimum atomic E-state index is -0.948.